The van der Waals surface area contributed by atoms with E-state index in [2.05, 4.69) is 10.3 Å². The van der Waals surface area contributed by atoms with Crippen LogP contribution in [-0.4, -0.2) is 17.7 Å². The van der Waals surface area contributed by atoms with E-state index in [4.69, 9.17) is 9.47 Å². The van der Waals surface area contributed by atoms with Crippen molar-refractivity contribution in [2.45, 2.75) is 13.3 Å². The number of hydrogen-bond donors (Lipinski definition) is 1. The Bertz CT molecular complexity index is 919. The number of amides is 1. The molecule has 2 aromatic carbocycles. The van der Waals surface area contributed by atoms with Crippen LogP contribution in [0, 0.1) is 6.92 Å². The third-order valence-corrected chi connectivity index (χ3v) is 4.66. The number of rotatable bonds is 4. The summed E-state index contributed by atoms with van der Waals surface area (Å²) in [4.78, 5) is 16.7. The molecule has 5 nitrogen and oxygen atoms in total. The molecule has 0 saturated carbocycles. The van der Waals surface area contributed by atoms with Gasteiger partial charge in [0.2, 0.25) is 12.7 Å². The molecule has 6 heteroatoms. The highest BCUT2D eigenvalue weighted by Crippen LogP contribution is 2.34. The Morgan fingerprint density at radius 3 is 2.72 bits per heavy atom. The van der Waals surface area contributed by atoms with Gasteiger partial charge in [-0.15, -0.1) is 11.3 Å². The zero-order chi connectivity index (χ0) is 17.2. The minimum absolute atomic E-state index is 0.0730. The Morgan fingerprint density at radius 1 is 1.16 bits per heavy atom. The van der Waals surface area contributed by atoms with Crippen molar-refractivity contribution in [2.24, 2.45) is 0 Å². The zero-order valence-corrected chi connectivity index (χ0v) is 14.4. The Balaban J connectivity index is 1.40. The first-order valence-electron chi connectivity index (χ1n) is 7.88. The Hall–Kier alpha value is -2.86. The van der Waals surface area contributed by atoms with Crippen LogP contribution >= 0.6 is 11.3 Å². The van der Waals surface area contributed by atoms with Gasteiger partial charge in [0, 0.05) is 22.7 Å². The van der Waals surface area contributed by atoms with Gasteiger partial charge in [0.25, 0.3) is 0 Å². The zero-order valence-electron chi connectivity index (χ0n) is 13.6. The van der Waals surface area contributed by atoms with Crippen molar-refractivity contribution in [3.05, 3.63) is 58.4 Å². The summed E-state index contributed by atoms with van der Waals surface area (Å²) in [7, 11) is 0. The number of thiazole rings is 1. The molecule has 0 radical (unpaired) electrons. The average molecular weight is 352 g/mol. The summed E-state index contributed by atoms with van der Waals surface area (Å²) in [5, 5.41) is 5.97. The number of nitrogens with zero attached hydrogens (tertiary/aromatic N) is 1. The lowest BCUT2D eigenvalue weighted by atomic mass is 10.1. The molecule has 1 aliphatic rings. The Labute approximate surface area is 149 Å². The van der Waals surface area contributed by atoms with E-state index < -0.39 is 0 Å². The molecule has 0 atom stereocenters. The largest absolute Gasteiger partial charge is 0.454 e. The number of benzene rings is 2. The van der Waals surface area contributed by atoms with Crippen molar-refractivity contribution in [3.63, 3.8) is 0 Å². The number of hydrogen-bond acceptors (Lipinski definition) is 5. The van der Waals surface area contributed by atoms with Crippen LogP contribution in [0.4, 0.5) is 5.69 Å². The molecule has 0 bridgehead atoms. The fourth-order valence-corrected chi connectivity index (χ4v) is 3.28. The van der Waals surface area contributed by atoms with Crippen molar-refractivity contribution >= 4 is 22.9 Å². The predicted molar refractivity (Wildman–Crippen MR) is 97.2 cm³/mol. The van der Waals surface area contributed by atoms with Crippen LogP contribution in [0.2, 0.25) is 0 Å². The first-order valence-corrected chi connectivity index (χ1v) is 8.76. The highest BCUT2D eigenvalue weighted by Gasteiger charge is 2.14. The van der Waals surface area contributed by atoms with Gasteiger partial charge >= 0.3 is 0 Å². The van der Waals surface area contributed by atoms with Crippen LogP contribution in [-0.2, 0) is 11.2 Å². The lowest BCUT2D eigenvalue weighted by Crippen LogP contribution is -2.14. The summed E-state index contributed by atoms with van der Waals surface area (Å²) in [6, 6.07) is 13.3. The van der Waals surface area contributed by atoms with Crippen molar-refractivity contribution < 1.29 is 14.3 Å². The first-order chi connectivity index (χ1) is 12.2. The van der Waals surface area contributed by atoms with Gasteiger partial charge in [0.15, 0.2) is 11.5 Å². The van der Waals surface area contributed by atoms with Crippen LogP contribution in [0.15, 0.2) is 47.8 Å². The fraction of sp³-hybridized carbons (Fsp3) is 0.158. The van der Waals surface area contributed by atoms with E-state index in [0.29, 0.717) is 23.6 Å². The number of ether oxygens (including phenoxy) is 2. The number of nitrogens with one attached hydrogen (secondary N) is 1. The van der Waals surface area contributed by atoms with Gasteiger partial charge in [0.05, 0.1) is 17.1 Å². The van der Waals surface area contributed by atoms with Crippen LogP contribution in [0.5, 0.6) is 11.5 Å². The third kappa shape index (κ3) is 3.49. The molecule has 1 amide bonds. The predicted octanol–water partition coefficient (Wildman–Crippen LogP) is 4.03. The molecule has 126 valence electrons. The molecule has 0 spiro atoms. The van der Waals surface area contributed by atoms with E-state index in [1.165, 1.54) is 0 Å². The number of carbonyl (C=O) groups excluding carboxylic acids is 1. The molecule has 0 unspecified atom stereocenters. The van der Waals surface area contributed by atoms with Gasteiger partial charge in [-0.05, 0) is 24.6 Å². The molecule has 25 heavy (non-hydrogen) atoms. The lowest BCUT2D eigenvalue weighted by Gasteiger charge is -2.07. The minimum Gasteiger partial charge on any atom is -0.454 e. The molecule has 0 saturated heterocycles. The topological polar surface area (TPSA) is 60.5 Å². The number of fused-ring (bicyclic) bond motifs is 1. The average Bonchev–Trinajstić information content (AvgIpc) is 3.24. The molecule has 1 N–H and O–H groups in total. The lowest BCUT2D eigenvalue weighted by molar-refractivity contribution is -0.115. The van der Waals surface area contributed by atoms with Crippen molar-refractivity contribution in [3.8, 4) is 22.8 Å². The SMILES string of the molecule is Cc1nc(-c2ccc(CC(=O)Nc3ccc4c(c3)OCO4)cc2)cs1. The molecular formula is C19H16N2O3S. The first kappa shape index (κ1) is 15.7. The van der Waals surface area contributed by atoms with E-state index >= 15 is 0 Å². The fourth-order valence-electron chi connectivity index (χ4n) is 2.65. The summed E-state index contributed by atoms with van der Waals surface area (Å²) in [5.74, 6) is 1.28. The maximum atomic E-state index is 12.2. The van der Waals surface area contributed by atoms with Crippen LogP contribution in [0.1, 0.15) is 10.6 Å². The summed E-state index contributed by atoms with van der Waals surface area (Å²) >= 11 is 1.63. The number of aryl methyl sites for hydroxylation is 1. The second-order valence-electron chi connectivity index (χ2n) is 5.74. The summed E-state index contributed by atoms with van der Waals surface area (Å²) in [6.07, 6.45) is 0.310. The van der Waals surface area contributed by atoms with Crippen molar-refractivity contribution in [2.75, 3.05) is 12.1 Å². The number of aromatic nitrogens is 1. The maximum Gasteiger partial charge on any atom is 0.231 e. The van der Waals surface area contributed by atoms with Gasteiger partial charge in [-0.2, -0.15) is 0 Å². The Morgan fingerprint density at radius 2 is 1.96 bits per heavy atom. The monoisotopic (exact) mass is 352 g/mol. The van der Waals surface area contributed by atoms with Gasteiger partial charge in [-0.3, -0.25) is 4.79 Å². The smallest absolute Gasteiger partial charge is 0.231 e. The standard InChI is InChI=1S/C19H16N2O3S/c1-12-20-16(10-25-12)14-4-2-13(3-5-14)8-19(22)21-15-6-7-17-18(9-15)24-11-23-17/h2-7,9-10H,8,11H2,1H3,(H,21,22). The quantitative estimate of drug-likeness (QED) is 0.770. The van der Waals surface area contributed by atoms with E-state index in [-0.39, 0.29) is 12.7 Å². The Kier molecular flexibility index (Phi) is 4.11. The number of anilines is 1. The molecule has 0 aliphatic carbocycles. The second-order valence-corrected chi connectivity index (χ2v) is 6.80. The van der Waals surface area contributed by atoms with Crippen molar-refractivity contribution in [1.82, 2.24) is 4.98 Å². The molecule has 0 fully saturated rings. The molecule has 1 aromatic heterocycles. The molecule has 3 aromatic rings. The van der Waals surface area contributed by atoms with Crippen LogP contribution < -0.4 is 14.8 Å². The highest BCUT2D eigenvalue weighted by molar-refractivity contribution is 7.09. The molecule has 2 heterocycles. The van der Waals surface area contributed by atoms with E-state index in [0.717, 1.165) is 21.8 Å². The molecule has 1 aliphatic heterocycles. The third-order valence-electron chi connectivity index (χ3n) is 3.89. The van der Waals surface area contributed by atoms with Crippen LogP contribution in [0.25, 0.3) is 11.3 Å². The van der Waals surface area contributed by atoms with Gasteiger partial charge in [-0.25, -0.2) is 4.98 Å². The van der Waals surface area contributed by atoms with E-state index in [1.54, 1.807) is 29.5 Å². The summed E-state index contributed by atoms with van der Waals surface area (Å²) in [5.41, 5.74) is 3.68. The van der Waals surface area contributed by atoms with Gasteiger partial charge in [0.1, 0.15) is 0 Å². The molecular weight excluding hydrogens is 336 g/mol. The van der Waals surface area contributed by atoms with Crippen LogP contribution in [0.3, 0.4) is 0 Å². The van der Waals surface area contributed by atoms with Crippen molar-refractivity contribution in [1.29, 1.82) is 0 Å². The normalized spacial score (nSPS) is 12.2. The van der Waals surface area contributed by atoms with Gasteiger partial charge in [-0.1, -0.05) is 24.3 Å². The highest BCUT2D eigenvalue weighted by atomic mass is 32.1. The van der Waals surface area contributed by atoms with E-state index in [1.807, 2.05) is 36.6 Å². The maximum absolute atomic E-state index is 12.2. The summed E-state index contributed by atoms with van der Waals surface area (Å²) < 4.78 is 10.6. The van der Waals surface area contributed by atoms with E-state index in [9.17, 15) is 4.79 Å². The minimum atomic E-state index is -0.0730. The second kappa shape index (κ2) is 6.57. The summed E-state index contributed by atoms with van der Waals surface area (Å²) in [6.45, 7) is 2.21. The molecule has 4 rings (SSSR count). The van der Waals surface area contributed by atoms with Gasteiger partial charge < -0.3 is 14.8 Å². The number of carbonyl (C=O) groups is 1.